The van der Waals surface area contributed by atoms with E-state index in [9.17, 15) is 8.42 Å². The monoisotopic (exact) mass is 334 g/mol. The number of sulfonamides is 1. The molecule has 1 aromatic rings. The third-order valence-electron chi connectivity index (χ3n) is 2.74. The van der Waals surface area contributed by atoms with Gasteiger partial charge in [0.05, 0.1) is 5.75 Å². The molecule has 0 spiro atoms. The van der Waals surface area contributed by atoms with Crippen LogP contribution in [-0.2, 0) is 10.0 Å². The third-order valence-corrected chi connectivity index (χ3v) is 5.10. The van der Waals surface area contributed by atoms with Crippen LogP contribution in [0.5, 0.6) is 0 Å². The highest BCUT2D eigenvalue weighted by molar-refractivity contribution is 9.10. The third kappa shape index (κ3) is 4.68. The van der Waals surface area contributed by atoms with Crippen molar-refractivity contribution in [1.82, 2.24) is 9.62 Å². The minimum Gasteiger partial charge on any atom is -0.309 e. The molecule has 1 unspecified atom stereocenters. The molecule has 0 aromatic heterocycles. The van der Waals surface area contributed by atoms with Gasteiger partial charge in [-0.1, -0.05) is 28.1 Å². The SMILES string of the molecule is CC(NCCS(=O)(=O)N(C)C)c1ccc(Br)cc1. The molecule has 0 aliphatic carbocycles. The Bertz CT molecular complexity index is 471. The van der Waals surface area contributed by atoms with E-state index in [1.165, 1.54) is 4.31 Å². The molecule has 0 bridgehead atoms. The highest BCUT2D eigenvalue weighted by Gasteiger charge is 2.13. The molecule has 1 N–H and O–H groups in total. The van der Waals surface area contributed by atoms with Crippen LogP contribution in [0.3, 0.4) is 0 Å². The van der Waals surface area contributed by atoms with Crippen LogP contribution in [0.4, 0.5) is 0 Å². The van der Waals surface area contributed by atoms with Crippen LogP contribution >= 0.6 is 15.9 Å². The maximum atomic E-state index is 11.6. The van der Waals surface area contributed by atoms with E-state index in [1.807, 2.05) is 31.2 Å². The van der Waals surface area contributed by atoms with Crippen molar-refractivity contribution in [2.75, 3.05) is 26.4 Å². The summed E-state index contributed by atoms with van der Waals surface area (Å²) in [5, 5.41) is 3.21. The Hall–Kier alpha value is -0.430. The lowest BCUT2D eigenvalue weighted by Crippen LogP contribution is -2.32. The molecule has 102 valence electrons. The predicted molar refractivity (Wildman–Crippen MR) is 78.0 cm³/mol. The maximum absolute atomic E-state index is 11.6. The molecule has 0 radical (unpaired) electrons. The van der Waals surface area contributed by atoms with Gasteiger partial charge in [-0.15, -0.1) is 0 Å². The van der Waals surface area contributed by atoms with E-state index in [-0.39, 0.29) is 11.8 Å². The molecule has 1 aromatic carbocycles. The molecule has 4 nitrogen and oxygen atoms in total. The molecule has 0 heterocycles. The number of hydrogen-bond acceptors (Lipinski definition) is 3. The molecule has 18 heavy (non-hydrogen) atoms. The van der Waals surface area contributed by atoms with Crippen molar-refractivity contribution in [1.29, 1.82) is 0 Å². The van der Waals surface area contributed by atoms with Gasteiger partial charge in [0.15, 0.2) is 0 Å². The van der Waals surface area contributed by atoms with Gasteiger partial charge in [0.2, 0.25) is 10.0 Å². The van der Waals surface area contributed by atoms with Crippen molar-refractivity contribution >= 4 is 26.0 Å². The summed E-state index contributed by atoms with van der Waals surface area (Å²) in [7, 11) is -0.0213. The second-order valence-corrected chi connectivity index (χ2v) is 7.54. The summed E-state index contributed by atoms with van der Waals surface area (Å²) >= 11 is 3.38. The van der Waals surface area contributed by atoms with Gasteiger partial charge in [-0.05, 0) is 24.6 Å². The fourth-order valence-corrected chi connectivity index (χ4v) is 2.46. The second-order valence-electron chi connectivity index (χ2n) is 4.33. The Labute approximate surface area is 118 Å². The van der Waals surface area contributed by atoms with Gasteiger partial charge in [-0.3, -0.25) is 0 Å². The fraction of sp³-hybridized carbons (Fsp3) is 0.500. The normalized spacial score (nSPS) is 13.8. The number of benzene rings is 1. The van der Waals surface area contributed by atoms with E-state index >= 15 is 0 Å². The van der Waals surface area contributed by atoms with E-state index in [0.29, 0.717) is 6.54 Å². The first-order valence-electron chi connectivity index (χ1n) is 5.72. The van der Waals surface area contributed by atoms with Crippen molar-refractivity contribution in [3.05, 3.63) is 34.3 Å². The average Bonchev–Trinajstić information content (AvgIpc) is 2.29. The van der Waals surface area contributed by atoms with Crippen LogP contribution in [0, 0.1) is 0 Å². The van der Waals surface area contributed by atoms with Gasteiger partial charge in [-0.2, -0.15) is 0 Å². The van der Waals surface area contributed by atoms with Crippen molar-refractivity contribution in [3.63, 3.8) is 0 Å². The topological polar surface area (TPSA) is 49.4 Å². The zero-order chi connectivity index (χ0) is 13.8. The molecule has 0 fully saturated rings. The van der Waals surface area contributed by atoms with Crippen molar-refractivity contribution < 1.29 is 8.42 Å². The van der Waals surface area contributed by atoms with E-state index in [2.05, 4.69) is 21.2 Å². The van der Waals surface area contributed by atoms with Gasteiger partial charge in [0.1, 0.15) is 0 Å². The number of hydrogen-bond donors (Lipinski definition) is 1. The lowest BCUT2D eigenvalue weighted by molar-refractivity contribution is 0.512. The number of halogens is 1. The number of nitrogens with one attached hydrogen (secondary N) is 1. The van der Waals surface area contributed by atoms with Gasteiger partial charge < -0.3 is 5.32 Å². The molecule has 0 saturated carbocycles. The molecular weight excluding hydrogens is 316 g/mol. The lowest BCUT2D eigenvalue weighted by atomic mass is 10.1. The molecular formula is C12H19BrN2O2S. The van der Waals surface area contributed by atoms with E-state index in [0.717, 1.165) is 10.0 Å². The summed E-state index contributed by atoms with van der Waals surface area (Å²) in [6.45, 7) is 2.46. The maximum Gasteiger partial charge on any atom is 0.214 e. The Morgan fingerprint density at radius 1 is 1.28 bits per heavy atom. The minimum absolute atomic E-state index is 0.112. The summed E-state index contributed by atoms with van der Waals surface area (Å²) in [5.74, 6) is 0.112. The first kappa shape index (κ1) is 15.6. The first-order valence-corrected chi connectivity index (χ1v) is 8.12. The number of rotatable bonds is 6. The highest BCUT2D eigenvalue weighted by Crippen LogP contribution is 2.16. The molecule has 0 amide bonds. The van der Waals surface area contributed by atoms with Gasteiger partial charge in [0, 0.05) is 31.2 Å². The summed E-state index contributed by atoms with van der Waals surface area (Å²) in [6, 6.07) is 8.12. The van der Waals surface area contributed by atoms with E-state index in [1.54, 1.807) is 14.1 Å². The Balaban J connectivity index is 2.47. The largest absolute Gasteiger partial charge is 0.309 e. The Morgan fingerprint density at radius 3 is 2.33 bits per heavy atom. The highest BCUT2D eigenvalue weighted by atomic mass is 79.9. The zero-order valence-corrected chi connectivity index (χ0v) is 13.3. The van der Waals surface area contributed by atoms with Crippen molar-refractivity contribution in [2.24, 2.45) is 0 Å². The van der Waals surface area contributed by atoms with Gasteiger partial charge in [0.25, 0.3) is 0 Å². The molecule has 0 aliphatic heterocycles. The van der Waals surface area contributed by atoms with Crippen LogP contribution in [0.2, 0.25) is 0 Å². The molecule has 0 saturated heterocycles. The average molecular weight is 335 g/mol. The summed E-state index contributed by atoms with van der Waals surface area (Å²) in [5.41, 5.74) is 1.14. The molecule has 6 heteroatoms. The smallest absolute Gasteiger partial charge is 0.214 e. The van der Waals surface area contributed by atoms with Crippen molar-refractivity contribution in [2.45, 2.75) is 13.0 Å². The van der Waals surface area contributed by atoms with Crippen molar-refractivity contribution in [3.8, 4) is 0 Å². The van der Waals surface area contributed by atoms with Crippen LogP contribution in [0.15, 0.2) is 28.7 Å². The van der Waals surface area contributed by atoms with Gasteiger partial charge >= 0.3 is 0 Å². The molecule has 1 rings (SSSR count). The fourth-order valence-electron chi connectivity index (χ4n) is 1.46. The predicted octanol–water partition coefficient (Wildman–Crippen LogP) is 1.99. The minimum atomic E-state index is -3.12. The summed E-state index contributed by atoms with van der Waals surface area (Å²) < 4.78 is 25.4. The van der Waals surface area contributed by atoms with Gasteiger partial charge in [-0.25, -0.2) is 12.7 Å². The second kappa shape index (κ2) is 6.65. The van der Waals surface area contributed by atoms with Crippen LogP contribution in [-0.4, -0.2) is 39.1 Å². The van der Waals surface area contributed by atoms with Crippen LogP contribution in [0.1, 0.15) is 18.5 Å². The standard InChI is InChI=1S/C12H19BrN2O2S/c1-10(11-4-6-12(13)7-5-11)14-8-9-18(16,17)15(2)3/h4-7,10,14H,8-9H2,1-3H3. The Morgan fingerprint density at radius 2 is 1.83 bits per heavy atom. The molecule has 0 aliphatic rings. The first-order chi connectivity index (χ1) is 8.33. The number of nitrogens with zero attached hydrogens (tertiary/aromatic N) is 1. The Kier molecular flexibility index (Phi) is 5.78. The molecule has 1 atom stereocenters. The zero-order valence-electron chi connectivity index (χ0n) is 10.9. The summed E-state index contributed by atoms with van der Waals surface area (Å²) in [4.78, 5) is 0. The van der Waals surface area contributed by atoms with E-state index in [4.69, 9.17) is 0 Å². The summed E-state index contributed by atoms with van der Waals surface area (Å²) in [6.07, 6.45) is 0. The quantitative estimate of drug-likeness (QED) is 0.865. The van der Waals surface area contributed by atoms with Crippen LogP contribution < -0.4 is 5.32 Å². The van der Waals surface area contributed by atoms with E-state index < -0.39 is 10.0 Å². The lowest BCUT2D eigenvalue weighted by Gasteiger charge is -2.16. The van der Waals surface area contributed by atoms with Crippen LogP contribution in [0.25, 0.3) is 0 Å².